The molecule has 1 amide bonds. The van der Waals surface area contributed by atoms with Crippen LogP contribution in [-0.4, -0.2) is 39.7 Å². The normalized spacial score (nSPS) is 16.2. The minimum atomic E-state index is -0.311. The number of nitrogens with zero attached hydrogens (tertiary/aromatic N) is 3. The first-order valence-corrected chi connectivity index (χ1v) is 10.3. The molecule has 8 heteroatoms. The third-order valence-electron chi connectivity index (χ3n) is 5.59. The van der Waals surface area contributed by atoms with E-state index in [0.717, 1.165) is 25.0 Å². The number of nitrogens with one attached hydrogen (secondary N) is 1. The third-order valence-corrected chi connectivity index (χ3v) is 5.59. The molecule has 0 spiro atoms. The number of carbonyl (C=O) groups excluding carboxylic acids is 1. The zero-order chi connectivity index (χ0) is 21.4. The van der Waals surface area contributed by atoms with Crippen molar-refractivity contribution < 1.29 is 13.9 Å². The molecule has 3 N–H and O–H groups in total. The van der Waals surface area contributed by atoms with Crippen LogP contribution in [0.15, 0.2) is 48.5 Å². The van der Waals surface area contributed by atoms with Gasteiger partial charge in [0.15, 0.2) is 5.65 Å². The summed E-state index contributed by atoms with van der Waals surface area (Å²) in [4.78, 5) is 22.5. The third kappa shape index (κ3) is 3.70. The van der Waals surface area contributed by atoms with Crippen LogP contribution in [0.1, 0.15) is 28.8 Å². The summed E-state index contributed by atoms with van der Waals surface area (Å²) in [6, 6.07) is 13.6. The van der Waals surface area contributed by atoms with Crippen LogP contribution in [0.3, 0.4) is 0 Å². The molecule has 4 aromatic rings. The topological polar surface area (TPSA) is 95.1 Å². The van der Waals surface area contributed by atoms with Crippen molar-refractivity contribution >= 4 is 33.9 Å². The minimum absolute atomic E-state index is 0.0182. The molecular formula is C23H22FN5O2. The Morgan fingerprint density at radius 2 is 1.90 bits per heavy atom. The van der Waals surface area contributed by atoms with Gasteiger partial charge in [-0.1, -0.05) is 24.3 Å². The Morgan fingerprint density at radius 3 is 2.61 bits per heavy atom. The monoisotopic (exact) mass is 419 g/mol. The molecule has 1 fully saturated rings. The van der Waals surface area contributed by atoms with Gasteiger partial charge in [0.25, 0.3) is 5.91 Å². The van der Waals surface area contributed by atoms with Gasteiger partial charge in [-0.05, 0) is 42.7 Å². The smallest absolute Gasteiger partial charge is 0.257 e. The number of hydrogen-bond acceptors (Lipinski definition) is 5. The second-order valence-electron chi connectivity index (χ2n) is 7.70. The summed E-state index contributed by atoms with van der Waals surface area (Å²) in [5.74, 6) is -0.339. The Kier molecular flexibility index (Phi) is 4.99. The highest BCUT2D eigenvalue weighted by molar-refractivity contribution is 6.10. The van der Waals surface area contributed by atoms with Crippen molar-refractivity contribution in [2.75, 3.05) is 18.9 Å². The van der Waals surface area contributed by atoms with E-state index in [0.29, 0.717) is 40.9 Å². The fraction of sp³-hybridized carbons (Fsp3) is 0.261. The van der Waals surface area contributed by atoms with Crippen LogP contribution in [-0.2, 0) is 11.3 Å². The molecule has 0 radical (unpaired) electrons. The number of ether oxygens (including phenoxy) is 1. The lowest BCUT2D eigenvalue weighted by atomic mass is 10.2. The van der Waals surface area contributed by atoms with E-state index >= 15 is 0 Å². The molecular weight excluding hydrogens is 397 g/mol. The average molecular weight is 419 g/mol. The van der Waals surface area contributed by atoms with Crippen LogP contribution < -0.4 is 11.1 Å². The second kappa shape index (κ2) is 7.96. The number of halogens is 1. The standard InChI is InChI=1S/C23H22FN5O2/c24-15-9-7-14(8-10-15)13-29-21(25)19(23(30)26-12-16-4-3-11-31-16)20-22(29)28-18-6-2-1-5-17(18)27-20/h1-2,5-10,16H,3-4,11-13,25H2,(H,26,30)/t16-/m1/s1. The zero-order valence-electron chi connectivity index (χ0n) is 16.8. The fourth-order valence-electron chi connectivity index (χ4n) is 3.97. The molecule has 3 heterocycles. The predicted octanol–water partition coefficient (Wildman–Crippen LogP) is 3.26. The molecule has 1 saturated heterocycles. The van der Waals surface area contributed by atoms with E-state index in [2.05, 4.69) is 5.32 Å². The maximum atomic E-state index is 13.3. The lowest BCUT2D eigenvalue weighted by Crippen LogP contribution is -2.32. The molecule has 0 aliphatic carbocycles. The van der Waals surface area contributed by atoms with Gasteiger partial charge in [0.2, 0.25) is 0 Å². The highest BCUT2D eigenvalue weighted by Gasteiger charge is 2.25. The minimum Gasteiger partial charge on any atom is -0.384 e. The summed E-state index contributed by atoms with van der Waals surface area (Å²) in [6.45, 7) is 1.48. The van der Waals surface area contributed by atoms with E-state index in [-0.39, 0.29) is 23.6 Å². The van der Waals surface area contributed by atoms with E-state index in [1.165, 1.54) is 12.1 Å². The molecule has 1 aliphatic rings. The Balaban J connectivity index is 1.59. The summed E-state index contributed by atoms with van der Waals surface area (Å²) in [5.41, 5.74) is 9.95. The van der Waals surface area contributed by atoms with Crippen LogP contribution in [0.5, 0.6) is 0 Å². The number of nitrogen functional groups attached to an aromatic ring is 1. The lowest BCUT2D eigenvalue weighted by Gasteiger charge is -2.11. The van der Waals surface area contributed by atoms with Crippen molar-refractivity contribution in [3.05, 3.63) is 65.5 Å². The molecule has 1 aliphatic heterocycles. The first-order chi connectivity index (χ1) is 15.1. The molecule has 0 unspecified atom stereocenters. The highest BCUT2D eigenvalue weighted by atomic mass is 19.1. The number of anilines is 1. The second-order valence-corrected chi connectivity index (χ2v) is 7.70. The molecule has 1 atom stereocenters. The molecule has 2 aromatic heterocycles. The fourth-order valence-corrected chi connectivity index (χ4v) is 3.97. The molecule has 2 aromatic carbocycles. The number of rotatable bonds is 5. The van der Waals surface area contributed by atoms with Crippen molar-refractivity contribution in [2.45, 2.75) is 25.5 Å². The summed E-state index contributed by atoms with van der Waals surface area (Å²) in [5, 5.41) is 2.93. The Labute approximate surface area is 178 Å². The first-order valence-electron chi connectivity index (χ1n) is 10.3. The molecule has 158 valence electrons. The van der Waals surface area contributed by atoms with Crippen LogP contribution in [0, 0.1) is 5.82 Å². The van der Waals surface area contributed by atoms with Crippen molar-refractivity contribution in [2.24, 2.45) is 0 Å². The number of carbonyl (C=O) groups is 1. The van der Waals surface area contributed by atoms with Gasteiger partial charge in [0.1, 0.15) is 22.7 Å². The van der Waals surface area contributed by atoms with E-state index < -0.39 is 0 Å². The van der Waals surface area contributed by atoms with E-state index in [1.54, 1.807) is 16.7 Å². The molecule has 5 rings (SSSR count). The van der Waals surface area contributed by atoms with Gasteiger partial charge in [0, 0.05) is 13.2 Å². The maximum absolute atomic E-state index is 13.3. The van der Waals surface area contributed by atoms with Crippen molar-refractivity contribution in [3.63, 3.8) is 0 Å². The zero-order valence-corrected chi connectivity index (χ0v) is 16.8. The quantitative estimate of drug-likeness (QED) is 0.518. The number of amides is 1. The van der Waals surface area contributed by atoms with Gasteiger partial charge >= 0.3 is 0 Å². The summed E-state index contributed by atoms with van der Waals surface area (Å²) in [7, 11) is 0. The lowest BCUT2D eigenvalue weighted by molar-refractivity contribution is 0.0859. The molecule has 7 nitrogen and oxygen atoms in total. The van der Waals surface area contributed by atoms with Gasteiger partial charge in [-0.15, -0.1) is 0 Å². The van der Waals surface area contributed by atoms with Crippen LogP contribution >= 0.6 is 0 Å². The van der Waals surface area contributed by atoms with E-state index in [9.17, 15) is 9.18 Å². The van der Waals surface area contributed by atoms with Crippen molar-refractivity contribution in [1.82, 2.24) is 19.9 Å². The Hall–Kier alpha value is -3.52. The number of benzene rings is 2. The van der Waals surface area contributed by atoms with Crippen LogP contribution in [0.25, 0.3) is 22.2 Å². The van der Waals surface area contributed by atoms with E-state index in [4.69, 9.17) is 20.4 Å². The Bertz CT molecular complexity index is 1260. The first kappa shape index (κ1) is 19.4. The van der Waals surface area contributed by atoms with Crippen molar-refractivity contribution in [1.29, 1.82) is 0 Å². The van der Waals surface area contributed by atoms with Gasteiger partial charge in [-0.25, -0.2) is 14.4 Å². The number of hydrogen-bond donors (Lipinski definition) is 2. The SMILES string of the molecule is Nc1c(C(=O)NC[C@H]2CCCO2)c2nc3ccccc3nc2n1Cc1ccc(F)cc1. The summed E-state index contributed by atoms with van der Waals surface area (Å²) < 4.78 is 20.7. The van der Waals surface area contributed by atoms with Crippen molar-refractivity contribution in [3.8, 4) is 0 Å². The van der Waals surface area contributed by atoms with Crippen LogP contribution in [0.2, 0.25) is 0 Å². The molecule has 31 heavy (non-hydrogen) atoms. The predicted molar refractivity (Wildman–Crippen MR) is 116 cm³/mol. The van der Waals surface area contributed by atoms with Gasteiger partial charge in [-0.2, -0.15) is 0 Å². The maximum Gasteiger partial charge on any atom is 0.257 e. The van der Waals surface area contributed by atoms with Gasteiger partial charge in [0.05, 0.1) is 23.7 Å². The number of fused-ring (bicyclic) bond motifs is 2. The van der Waals surface area contributed by atoms with Crippen LogP contribution in [0.4, 0.5) is 10.2 Å². The average Bonchev–Trinajstić information content (AvgIpc) is 3.39. The summed E-state index contributed by atoms with van der Waals surface area (Å²) >= 11 is 0. The van der Waals surface area contributed by atoms with Gasteiger partial charge < -0.3 is 20.4 Å². The Morgan fingerprint density at radius 1 is 1.16 bits per heavy atom. The number of para-hydroxylation sites is 2. The molecule has 0 saturated carbocycles. The number of aromatic nitrogens is 3. The number of nitrogens with two attached hydrogens (primary N) is 1. The largest absolute Gasteiger partial charge is 0.384 e. The summed E-state index contributed by atoms with van der Waals surface area (Å²) in [6.07, 6.45) is 1.94. The van der Waals surface area contributed by atoms with Gasteiger partial charge in [-0.3, -0.25) is 4.79 Å². The highest BCUT2D eigenvalue weighted by Crippen LogP contribution is 2.29. The molecule has 0 bridgehead atoms. The van der Waals surface area contributed by atoms with E-state index in [1.807, 2.05) is 24.3 Å².